The van der Waals surface area contributed by atoms with E-state index >= 15 is 0 Å². The van der Waals surface area contributed by atoms with Gasteiger partial charge in [-0.15, -0.1) is 0 Å². The van der Waals surface area contributed by atoms with Crippen LogP contribution in [0.1, 0.15) is 42.7 Å². The first kappa shape index (κ1) is 18.5. The van der Waals surface area contributed by atoms with E-state index in [2.05, 4.69) is 10.6 Å². The van der Waals surface area contributed by atoms with E-state index in [4.69, 9.17) is 16.0 Å². The van der Waals surface area contributed by atoms with E-state index in [0.717, 1.165) is 31.2 Å². The molecule has 0 saturated heterocycles. The Labute approximate surface area is 158 Å². The van der Waals surface area contributed by atoms with Crippen LogP contribution < -0.4 is 10.6 Å². The molecule has 1 unspecified atom stereocenters. The number of hydrogen-bond donors (Lipinski definition) is 2. The lowest BCUT2D eigenvalue weighted by molar-refractivity contribution is -0.124. The Morgan fingerprint density at radius 3 is 2.42 bits per heavy atom. The highest BCUT2D eigenvalue weighted by molar-refractivity contribution is 6.30. The van der Waals surface area contributed by atoms with Crippen molar-refractivity contribution in [3.8, 4) is 11.3 Å². The molecule has 0 radical (unpaired) electrons. The number of carbonyl (C=O) groups is 2. The third-order valence-corrected chi connectivity index (χ3v) is 5.15. The summed E-state index contributed by atoms with van der Waals surface area (Å²) in [5, 5.41) is 6.16. The van der Waals surface area contributed by atoms with Crippen LogP contribution in [0, 0.1) is 5.92 Å². The number of likely N-dealkylation sites (N-methyl/N-ethyl adjacent to an activating group) is 1. The average molecular weight is 375 g/mol. The van der Waals surface area contributed by atoms with E-state index in [1.165, 1.54) is 6.42 Å². The summed E-state index contributed by atoms with van der Waals surface area (Å²) in [4.78, 5) is 24.9. The number of rotatable bonds is 5. The number of amides is 2. The average Bonchev–Trinajstić information content (AvgIpc) is 3.17. The molecule has 138 valence electrons. The molecule has 1 saturated carbocycles. The van der Waals surface area contributed by atoms with Gasteiger partial charge < -0.3 is 15.1 Å². The van der Waals surface area contributed by atoms with Gasteiger partial charge in [-0.05, 0) is 55.2 Å². The van der Waals surface area contributed by atoms with Gasteiger partial charge >= 0.3 is 0 Å². The normalized spacial score (nSPS) is 16.1. The molecule has 5 nitrogen and oxygen atoms in total. The van der Waals surface area contributed by atoms with Gasteiger partial charge in [0.1, 0.15) is 11.8 Å². The highest BCUT2D eigenvalue weighted by Crippen LogP contribution is 2.27. The molecule has 2 N–H and O–H groups in total. The zero-order valence-corrected chi connectivity index (χ0v) is 15.5. The number of hydrogen-bond acceptors (Lipinski definition) is 3. The van der Waals surface area contributed by atoms with Gasteiger partial charge in [0.05, 0.1) is 0 Å². The lowest BCUT2D eigenvalue weighted by Gasteiger charge is -2.29. The van der Waals surface area contributed by atoms with Gasteiger partial charge in [-0.25, -0.2) is 0 Å². The Morgan fingerprint density at radius 1 is 1.08 bits per heavy atom. The van der Waals surface area contributed by atoms with Crippen LogP contribution in [0.2, 0.25) is 5.02 Å². The zero-order chi connectivity index (χ0) is 18.5. The topological polar surface area (TPSA) is 71.3 Å². The zero-order valence-electron chi connectivity index (χ0n) is 14.8. The second-order valence-corrected chi connectivity index (χ2v) is 7.07. The molecule has 1 aromatic heterocycles. The van der Waals surface area contributed by atoms with Crippen molar-refractivity contribution in [3.05, 3.63) is 47.2 Å². The van der Waals surface area contributed by atoms with Crippen LogP contribution in [0.3, 0.4) is 0 Å². The van der Waals surface area contributed by atoms with Crippen LogP contribution in [0.4, 0.5) is 0 Å². The number of benzene rings is 1. The summed E-state index contributed by atoms with van der Waals surface area (Å²) in [7, 11) is 1.59. The number of furan rings is 1. The Hall–Kier alpha value is -2.27. The molecule has 0 spiro atoms. The molecule has 6 heteroatoms. The van der Waals surface area contributed by atoms with E-state index < -0.39 is 6.04 Å². The molecule has 3 rings (SSSR count). The monoisotopic (exact) mass is 374 g/mol. The van der Waals surface area contributed by atoms with Crippen molar-refractivity contribution in [1.82, 2.24) is 10.6 Å². The first-order valence-electron chi connectivity index (χ1n) is 8.96. The van der Waals surface area contributed by atoms with Crippen molar-refractivity contribution in [2.24, 2.45) is 5.92 Å². The summed E-state index contributed by atoms with van der Waals surface area (Å²) in [6.45, 7) is 0. The van der Waals surface area contributed by atoms with Gasteiger partial charge in [0.15, 0.2) is 5.76 Å². The van der Waals surface area contributed by atoms with Gasteiger partial charge in [0.2, 0.25) is 5.91 Å². The smallest absolute Gasteiger partial charge is 0.287 e. The summed E-state index contributed by atoms with van der Waals surface area (Å²) >= 11 is 5.90. The van der Waals surface area contributed by atoms with Crippen molar-refractivity contribution < 1.29 is 14.0 Å². The largest absolute Gasteiger partial charge is 0.451 e. The molecule has 1 heterocycles. The minimum absolute atomic E-state index is 0.158. The van der Waals surface area contributed by atoms with E-state index in [1.54, 1.807) is 31.3 Å². The highest BCUT2D eigenvalue weighted by Gasteiger charge is 2.31. The van der Waals surface area contributed by atoms with Crippen molar-refractivity contribution in [2.75, 3.05) is 7.05 Å². The summed E-state index contributed by atoms with van der Waals surface area (Å²) in [5.74, 6) is 0.415. The van der Waals surface area contributed by atoms with Crippen LogP contribution in [-0.4, -0.2) is 24.9 Å². The maximum atomic E-state index is 12.6. The van der Waals surface area contributed by atoms with E-state index in [-0.39, 0.29) is 23.5 Å². The van der Waals surface area contributed by atoms with Gasteiger partial charge in [-0.1, -0.05) is 30.9 Å². The standard InChI is InChI=1S/C20H23ClN2O3/c1-22-20(25)18(14-5-3-2-4-6-14)23-19(24)17-12-11-16(26-17)13-7-9-15(21)10-8-13/h7-12,14,18H,2-6H2,1H3,(H,22,25)(H,23,24). The third-order valence-electron chi connectivity index (χ3n) is 4.90. The fourth-order valence-electron chi connectivity index (χ4n) is 3.46. The van der Waals surface area contributed by atoms with Crippen LogP contribution >= 0.6 is 11.6 Å². The quantitative estimate of drug-likeness (QED) is 0.830. The molecule has 2 amide bonds. The first-order chi connectivity index (χ1) is 12.6. The van der Waals surface area contributed by atoms with E-state index in [1.807, 2.05) is 12.1 Å². The van der Waals surface area contributed by atoms with Crippen LogP contribution in [0.15, 0.2) is 40.8 Å². The van der Waals surface area contributed by atoms with E-state index in [0.29, 0.717) is 10.8 Å². The van der Waals surface area contributed by atoms with Crippen molar-refractivity contribution in [1.29, 1.82) is 0 Å². The lowest BCUT2D eigenvalue weighted by atomic mass is 9.83. The molecule has 1 aliphatic rings. The number of carbonyl (C=O) groups excluding carboxylic acids is 2. The molecule has 1 fully saturated rings. The highest BCUT2D eigenvalue weighted by atomic mass is 35.5. The van der Waals surface area contributed by atoms with Gasteiger partial charge in [0, 0.05) is 17.6 Å². The Bertz CT molecular complexity index is 764. The minimum Gasteiger partial charge on any atom is -0.451 e. The third kappa shape index (κ3) is 4.28. The summed E-state index contributed by atoms with van der Waals surface area (Å²) < 4.78 is 5.69. The van der Waals surface area contributed by atoms with Crippen LogP contribution in [0.25, 0.3) is 11.3 Å². The van der Waals surface area contributed by atoms with Crippen LogP contribution in [0.5, 0.6) is 0 Å². The predicted molar refractivity (Wildman–Crippen MR) is 101 cm³/mol. The van der Waals surface area contributed by atoms with Crippen molar-refractivity contribution in [3.63, 3.8) is 0 Å². The molecular weight excluding hydrogens is 352 g/mol. The second kappa shape index (κ2) is 8.41. The fourth-order valence-corrected chi connectivity index (χ4v) is 3.59. The van der Waals surface area contributed by atoms with Crippen LogP contribution in [-0.2, 0) is 4.79 Å². The summed E-state index contributed by atoms with van der Waals surface area (Å²) in [6, 6.07) is 10.0. The number of halogens is 1. The Morgan fingerprint density at radius 2 is 1.77 bits per heavy atom. The molecular formula is C20H23ClN2O3. The van der Waals surface area contributed by atoms with Crippen molar-refractivity contribution >= 4 is 23.4 Å². The first-order valence-corrected chi connectivity index (χ1v) is 9.34. The fraction of sp³-hybridized carbons (Fsp3) is 0.400. The Balaban J connectivity index is 1.73. The second-order valence-electron chi connectivity index (χ2n) is 6.63. The van der Waals surface area contributed by atoms with Crippen molar-refractivity contribution in [2.45, 2.75) is 38.1 Å². The van der Waals surface area contributed by atoms with Gasteiger partial charge in [0.25, 0.3) is 5.91 Å². The maximum Gasteiger partial charge on any atom is 0.287 e. The molecule has 26 heavy (non-hydrogen) atoms. The molecule has 1 aromatic carbocycles. The SMILES string of the molecule is CNC(=O)C(NC(=O)c1ccc(-c2ccc(Cl)cc2)o1)C1CCCCC1. The summed E-state index contributed by atoms with van der Waals surface area (Å²) in [6.07, 6.45) is 5.28. The van der Waals surface area contributed by atoms with Gasteiger partial charge in [-0.2, -0.15) is 0 Å². The summed E-state index contributed by atoms with van der Waals surface area (Å²) in [5.41, 5.74) is 0.837. The van der Waals surface area contributed by atoms with E-state index in [9.17, 15) is 9.59 Å². The molecule has 2 aromatic rings. The van der Waals surface area contributed by atoms with Gasteiger partial charge in [-0.3, -0.25) is 9.59 Å². The molecule has 0 aliphatic heterocycles. The predicted octanol–water partition coefficient (Wildman–Crippen LogP) is 4.02. The lowest BCUT2D eigenvalue weighted by Crippen LogP contribution is -2.50. The number of nitrogens with one attached hydrogen (secondary N) is 2. The maximum absolute atomic E-state index is 12.6. The molecule has 1 atom stereocenters. The Kier molecular flexibility index (Phi) is 5.99. The minimum atomic E-state index is -0.531. The molecule has 1 aliphatic carbocycles. The molecule has 0 bridgehead atoms.